The summed E-state index contributed by atoms with van der Waals surface area (Å²) in [5.74, 6) is 3.91. The fourth-order valence-electron chi connectivity index (χ4n) is 2.50. The first-order valence-corrected chi connectivity index (χ1v) is 6.48. The highest BCUT2D eigenvalue weighted by Crippen LogP contribution is 2.27. The number of methoxy groups -OCH3 is 1. The molecule has 5 heteroatoms. The first-order valence-electron chi connectivity index (χ1n) is 6.48. The minimum absolute atomic E-state index is 0.273. The van der Waals surface area contributed by atoms with Crippen LogP contribution in [-0.2, 0) is 11.2 Å². The van der Waals surface area contributed by atoms with Crippen molar-refractivity contribution in [3.63, 3.8) is 0 Å². The van der Waals surface area contributed by atoms with Gasteiger partial charge >= 0.3 is 0 Å². The second kappa shape index (κ2) is 6.93. The average molecular weight is 272 g/mol. The summed E-state index contributed by atoms with van der Waals surface area (Å²) in [6.07, 6.45) is 1.73. The first-order chi connectivity index (χ1) is 9.04. The quantitative estimate of drug-likeness (QED) is 0.592. The van der Waals surface area contributed by atoms with Crippen molar-refractivity contribution in [3.05, 3.63) is 35.4 Å². The van der Waals surface area contributed by atoms with E-state index in [1.807, 2.05) is 13.8 Å². The lowest BCUT2D eigenvalue weighted by Crippen LogP contribution is -2.55. The Balaban J connectivity index is 3.02. The molecule has 1 atom stereocenters. The van der Waals surface area contributed by atoms with Gasteiger partial charge in [-0.25, -0.2) is 8.78 Å². The molecule has 0 amide bonds. The third kappa shape index (κ3) is 3.29. The van der Waals surface area contributed by atoms with Gasteiger partial charge in [0.25, 0.3) is 0 Å². The van der Waals surface area contributed by atoms with Crippen LogP contribution in [0, 0.1) is 11.6 Å². The number of ether oxygens (including phenoxy) is 1. The molecule has 1 unspecified atom stereocenters. The summed E-state index contributed by atoms with van der Waals surface area (Å²) in [6, 6.07) is 3.87. The van der Waals surface area contributed by atoms with Gasteiger partial charge in [0.15, 0.2) is 11.6 Å². The summed E-state index contributed by atoms with van der Waals surface area (Å²) in [4.78, 5) is 0. The molecule has 0 radical (unpaired) electrons. The zero-order valence-corrected chi connectivity index (χ0v) is 11.7. The summed E-state index contributed by atoms with van der Waals surface area (Å²) >= 11 is 0. The fraction of sp³-hybridized carbons (Fsp3) is 0.571. The monoisotopic (exact) mass is 272 g/mol. The number of hydrogen-bond donors (Lipinski definition) is 2. The minimum Gasteiger partial charge on any atom is -0.377 e. The van der Waals surface area contributed by atoms with Gasteiger partial charge in [0.1, 0.15) is 0 Å². The highest BCUT2D eigenvalue weighted by Gasteiger charge is 2.35. The SMILES string of the molecule is CCC(CC)(OC)C(Cc1cccc(F)c1F)NN. The molecule has 0 aliphatic heterocycles. The normalized spacial score (nSPS) is 13.6. The Hall–Kier alpha value is -1.04. The highest BCUT2D eigenvalue weighted by molar-refractivity contribution is 5.21. The van der Waals surface area contributed by atoms with Crippen LogP contribution in [0.3, 0.4) is 0 Å². The van der Waals surface area contributed by atoms with Crippen LogP contribution in [0.15, 0.2) is 18.2 Å². The molecular weight excluding hydrogens is 250 g/mol. The van der Waals surface area contributed by atoms with Crippen LogP contribution in [0.4, 0.5) is 8.78 Å². The number of halogens is 2. The lowest BCUT2D eigenvalue weighted by Gasteiger charge is -2.38. The van der Waals surface area contributed by atoms with E-state index in [2.05, 4.69) is 5.43 Å². The van der Waals surface area contributed by atoms with Gasteiger partial charge < -0.3 is 4.74 Å². The van der Waals surface area contributed by atoms with Crippen LogP contribution in [-0.4, -0.2) is 18.8 Å². The summed E-state index contributed by atoms with van der Waals surface area (Å²) in [7, 11) is 1.61. The van der Waals surface area contributed by atoms with E-state index in [9.17, 15) is 8.78 Å². The standard InChI is InChI=1S/C14H22F2N2O/c1-4-14(5-2,19-3)12(18-17)9-10-7-6-8-11(15)13(10)16/h6-8,12,18H,4-5,9,17H2,1-3H3. The molecule has 0 heterocycles. The molecular formula is C14H22F2N2O. The summed E-state index contributed by atoms with van der Waals surface area (Å²) in [5.41, 5.74) is 2.48. The van der Waals surface area contributed by atoms with Crippen LogP contribution < -0.4 is 11.3 Å². The number of benzene rings is 1. The van der Waals surface area contributed by atoms with E-state index >= 15 is 0 Å². The summed E-state index contributed by atoms with van der Waals surface area (Å²) in [6.45, 7) is 3.97. The Kier molecular flexibility index (Phi) is 5.85. The van der Waals surface area contributed by atoms with Crippen molar-refractivity contribution < 1.29 is 13.5 Å². The van der Waals surface area contributed by atoms with Gasteiger partial charge in [-0.05, 0) is 30.9 Å². The summed E-state index contributed by atoms with van der Waals surface area (Å²) < 4.78 is 32.5. The zero-order chi connectivity index (χ0) is 14.5. The lowest BCUT2D eigenvalue weighted by molar-refractivity contribution is -0.0474. The van der Waals surface area contributed by atoms with E-state index in [-0.39, 0.29) is 12.5 Å². The van der Waals surface area contributed by atoms with E-state index in [0.29, 0.717) is 5.56 Å². The minimum atomic E-state index is -0.843. The molecule has 0 bridgehead atoms. The van der Waals surface area contributed by atoms with E-state index in [1.165, 1.54) is 6.07 Å². The predicted octanol–water partition coefficient (Wildman–Crippen LogP) is 2.54. The number of nitrogens with one attached hydrogen (secondary N) is 1. The fourth-order valence-corrected chi connectivity index (χ4v) is 2.50. The zero-order valence-electron chi connectivity index (χ0n) is 11.7. The van der Waals surface area contributed by atoms with Crippen molar-refractivity contribution in [2.75, 3.05) is 7.11 Å². The van der Waals surface area contributed by atoms with Crippen LogP contribution in [0.25, 0.3) is 0 Å². The maximum absolute atomic E-state index is 13.7. The number of nitrogens with two attached hydrogens (primary N) is 1. The van der Waals surface area contributed by atoms with Crippen molar-refractivity contribution in [2.45, 2.75) is 44.8 Å². The molecule has 0 aromatic heterocycles. The molecule has 0 aliphatic carbocycles. The Morgan fingerprint density at radius 1 is 1.32 bits per heavy atom. The van der Waals surface area contributed by atoms with E-state index in [1.54, 1.807) is 13.2 Å². The van der Waals surface area contributed by atoms with Gasteiger partial charge in [-0.3, -0.25) is 11.3 Å². The Morgan fingerprint density at radius 2 is 1.95 bits per heavy atom. The first kappa shape index (κ1) is 16.0. The smallest absolute Gasteiger partial charge is 0.162 e. The maximum atomic E-state index is 13.7. The van der Waals surface area contributed by atoms with Crippen molar-refractivity contribution in [1.82, 2.24) is 5.43 Å². The van der Waals surface area contributed by atoms with Crippen LogP contribution >= 0.6 is 0 Å². The van der Waals surface area contributed by atoms with Gasteiger partial charge in [-0.15, -0.1) is 0 Å². The van der Waals surface area contributed by atoms with E-state index < -0.39 is 17.2 Å². The molecule has 3 nitrogen and oxygen atoms in total. The van der Waals surface area contributed by atoms with E-state index in [0.717, 1.165) is 18.9 Å². The van der Waals surface area contributed by atoms with Gasteiger partial charge in [-0.1, -0.05) is 26.0 Å². The average Bonchev–Trinajstić information content (AvgIpc) is 2.44. The lowest BCUT2D eigenvalue weighted by atomic mass is 9.84. The molecule has 1 aromatic rings. The van der Waals surface area contributed by atoms with Crippen molar-refractivity contribution in [2.24, 2.45) is 5.84 Å². The number of hydrogen-bond acceptors (Lipinski definition) is 3. The summed E-state index contributed by atoms with van der Waals surface area (Å²) in [5, 5.41) is 0. The molecule has 0 saturated heterocycles. The highest BCUT2D eigenvalue weighted by atomic mass is 19.2. The van der Waals surface area contributed by atoms with Crippen molar-refractivity contribution in [3.8, 4) is 0 Å². The van der Waals surface area contributed by atoms with Gasteiger partial charge in [0, 0.05) is 7.11 Å². The van der Waals surface area contributed by atoms with Gasteiger partial charge in [-0.2, -0.15) is 0 Å². The molecule has 0 aliphatic rings. The van der Waals surface area contributed by atoms with Crippen LogP contribution in [0.1, 0.15) is 32.3 Å². The molecule has 108 valence electrons. The molecule has 19 heavy (non-hydrogen) atoms. The topological polar surface area (TPSA) is 47.3 Å². The van der Waals surface area contributed by atoms with Gasteiger partial charge in [0.2, 0.25) is 0 Å². The Morgan fingerprint density at radius 3 is 2.42 bits per heavy atom. The third-order valence-electron chi connectivity index (χ3n) is 3.90. The second-order valence-corrected chi connectivity index (χ2v) is 4.61. The molecule has 1 rings (SSSR count). The van der Waals surface area contributed by atoms with Gasteiger partial charge in [0.05, 0.1) is 11.6 Å². The molecule has 0 fully saturated rings. The Labute approximate surface area is 113 Å². The van der Waals surface area contributed by atoms with Crippen LogP contribution in [0.5, 0.6) is 0 Å². The molecule has 0 saturated carbocycles. The largest absolute Gasteiger partial charge is 0.377 e. The third-order valence-corrected chi connectivity index (χ3v) is 3.90. The van der Waals surface area contributed by atoms with Crippen molar-refractivity contribution >= 4 is 0 Å². The molecule has 0 spiro atoms. The van der Waals surface area contributed by atoms with Crippen LogP contribution in [0.2, 0.25) is 0 Å². The molecule has 3 N–H and O–H groups in total. The second-order valence-electron chi connectivity index (χ2n) is 4.61. The predicted molar refractivity (Wildman–Crippen MR) is 71.5 cm³/mol. The number of hydrazine groups is 1. The Bertz CT molecular complexity index is 400. The van der Waals surface area contributed by atoms with E-state index in [4.69, 9.17) is 10.6 Å². The van der Waals surface area contributed by atoms with Crippen molar-refractivity contribution in [1.29, 1.82) is 0 Å². The maximum Gasteiger partial charge on any atom is 0.162 e. The molecule has 1 aromatic carbocycles. The number of rotatable bonds is 7.